The summed E-state index contributed by atoms with van der Waals surface area (Å²) in [4.78, 5) is 23.0. The van der Waals surface area contributed by atoms with E-state index in [0.717, 1.165) is 24.0 Å². The molecule has 0 bridgehead atoms. The van der Waals surface area contributed by atoms with Crippen molar-refractivity contribution >= 4 is 27.5 Å². The third kappa shape index (κ3) is 3.65. The number of fused-ring (bicyclic) bond motifs is 1. The number of primary amides is 1. The number of nitrogens with one attached hydrogen (secondary N) is 1. The summed E-state index contributed by atoms with van der Waals surface area (Å²) in [5.41, 5.74) is 7.96. The number of rotatable bonds is 6. The van der Waals surface area contributed by atoms with Gasteiger partial charge in [0.15, 0.2) is 0 Å². The molecule has 2 aromatic rings. The largest absolute Gasteiger partial charge is 0.366 e. The van der Waals surface area contributed by atoms with Gasteiger partial charge in [0.2, 0.25) is 21.8 Å². The normalized spacial score (nSPS) is 16.5. The van der Waals surface area contributed by atoms with Crippen LogP contribution in [0, 0.1) is 0 Å². The van der Waals surface area contributed by atoms with Gasteiger partial charge in [0, 0.05) is 30.3 Å². The first-order valence-electron chi connectivity index (χ1n) is 9.18. The number of anilines is 1. The number of nitrogens with zero attached hydrogens (tertiary/aromatic N) is 1. The van der Waals surface area contributed by atoms with Crippen molar-refractivity contribution in [1.29, 1.82) is 0 Å². The number of sulfonamides is 1. The molecule has 1 saturated carbocycles. The molecular formula is C20H21N3O4S. The number of hydrogen-bond acceptors (Lipinski definition) is 4. The number of hydrogen-bond donors (Lipinski definition) is 2. The average molecular weight is 399 g/mol. The van der Waals surface area contributed by atoms with E-state index in [1.54, 1.807) is 42.5 Å². The molecule has 0 radical (unpaired) electrons. The molecule has 0 aromatic heterocycles. The van der Waals surface area contributed by atoms with Gasteiger partial charge < -0.3 is 11.1 Å². The van der Waals surface area contributed by atoms with Crippen molar-refractivity contribution in [2.45, 2.75) is 43.2 Å². The fourth-order valence-electron chi connectivity index (χ4n) is 3.38. The summed E-state index contributed by atoms with van der Waals surface area (Å²) in [5, 5.41) is 2.77. The summed E-state index contributed by atoms with van der Waals surface area (Å²) in [5.74, 6) is -0.568. The van der Waals surface area contributed by atoms with Gasteiger partial charge in [-0.15, -0.1) is 0 Å². The SMILES string of the molecule is NC(=O)c1ccc(CN(C2CC2)S(=O)(=O)c2ccc3c(c2)CCC(=O)N3)cc1. The minimum Gasteiger partial charge on any atom is -0.366 e. The van der Waals surface area contributed by atoms with Crippen LogP contribution < -0.4 is 11.1 Å². The van der Waals surface area contributed by atoms with E-state index in [4.69, 9.17) is 5.73 Å². The minimum atomic E-state index is -3.68. The molecule has 146 valence electrons. The molecule has 3 N–H and O–H groups in total. The van der Waals surface area contributed by atoms with E-state index < -0.39 is 15.9 Å². The molecule has 4 rings (SSSR count). The Morgan fingerprint density at radius 1 is 1.11 bits per heavy atom. The standard InChI is InChI=1S/C20H21N3O4S/c21-20(25)14-3-1-13(2-4-14)12-23(16-6-7-16)28(26,27)17-8-9-18-15(11-17)5-10-19(24)22-18/h1-4,8-9,11,16H,5-7,10,12H2,(H2,21,25)(H,22,24). The van der Waals surface area contributed by atoms with Crippen LogP contribution in [0.15, 0.2) is 47.4 Å². The summed E-state index contributed by atoms with van der Waals surface area (Å²) in [7, 11) is -3.68. The predicted octanol–water partition coefficient (Wildman–Crippen LogP) is 2.02. The second kappa shape index (κ2) is 7.03. The van der Waals surface area contributed by atoms with Gasteiger partial charge in [-0.25, -0.2) is 8.42 Å². The molecule has 0 atom stereocenters. The summed E-state index contributed by atoms with van der Waals surface area (Å²) in [6, 6.07) is 11.5. The van der Waals surface area contributed by atoms with Gasteiger partial charge >= 0.3 is 0 Å². The molecule has 8 heteroatoms. The van der Waals surface area contributed by atoms with Crippen LogP contribution >= 0.6 is 0 Å². The summed E-state index contributed by atoms with van der Waals surface area (Å²) in [6.45, 7) is 0.236. The molecule has 28 heavy (non-hydrogen) atoms. The van der Waals surface area contributed by atoms with E-state index in [1.807, 2.05) is 0 Å². The average Bonchev–Trinajstić information content (AvgIpc) is 3.50. The number of benzene rings is 2. The van der Waals surface area contributed by atoms with Gasteiger partial charge in [-0.3, -0.25) is 9.59 Å². The molecule has 2 aliphatic rings. The second-order valence-corrected chi connectivity index (χ2v) is 9.10. The molecule has 1 aliphatic carbocycles. The van der Waals surface area contributed by atoms with Gasteiger partial charge in [0.25, 0.3) is 0 Å². The monoisotopic (exact) mass is 399 g/mol. The zero-order chi connectivity index (χ0) is 19.9. The van der Waals surface area contributed by atoms with E-state index in [2.05, 4.69) is 5.32 Å². The van der Waals surface area contributed by atoms with Crippen molar-refractivity contribution in [3.63, 3.8) is 0 Å². The van der Waals surface area contributed by atoms with Crippen molar-refractivity contribution in [1.82, 2.24) is 4.31 Å². The van der Waals surface area contributed by atoms with E-state index in [0.29, 0.717) is 24.1 Å². The number of amides is 2. The number of nitrogens with two attached hydrogens (primary N) is 1. The Balaban J connectivity index is 1.62. The van der Waals surface area contributed by atoms with Crippen LogP contribution in [0.3, 0.4) is 0 Å². The zero-order valence-corrected chi connectivity index (χ0v) is 16.0. The third-order valence-corrected chi connectivity index (χ3v) is 7.00. The number of carbonyl (C=O) groups excluding carboxylic acids is 2. The highest BCUT2D eigenvalue weighted by Gasteiger charge is 2.38. The van der Waals surface area contributed by atoms with Crippen LogP contribution in [0.2, 0.25) is 0 Å². The molecule has 7 nitrogen and oxygen atoms in total. The maximum atomic E-state index is 13.3. The highest BCUT2D eigenvalue weighted by atomic mass is 32.2. The van der Waals surface area contributed by atoms with E-state index >= 15 is 0 Å². The fraction of sp³-hybridized carbons (Fsp3) is 0.300. The van der Waals surface area contributed by atoms with E-state index in [-0.39, 0.29) is 23.4 Å². The maximum Gasteiger partial charge on any atom is 0.248 e. The lowest BCUT2D eigenvalue weighted by Gasteiger charge is -2.24. The van der Waals surface area contributed by atoms with E-state index in [1.165, 1.54) is 4.31 Å². The molecule has 1 fully saturated rings. The number of aryl methyl sites for hydroxylation is 1. The Hall–Kier alpha value is -2.71. The predicted molar refractivity (Wildman–Crippen MR) is 104 cm³/mol. The van der Waals surface area contributed by atoms with Crippen LogP contribution in [-0.2, 0) is 27.8 Å². The Labute approximate surface area is 163 Å². The highest BCUT2D eigenvalue weighted by molar-refractivity contribution is 7.89. The summed E-state index contributed by atoms with van der Waals surface area (Å²) >= 11 is 0. The molecule has 0 unspecified atom stereocenters. The van der Waals surface area contributed by atoms with Crippen LogP contribution in [-0.4, -0.2) is 30.6 Å². The Kier molecular flexibility index (Phi) is 4.68. The third-order valence-electron chi connectivity index (χ3n) is 5.11. The van der Waals surface area contributed by atoms with Crippen molar-refractivity contribution in [3.05, 3.63) is 59.2 Å². The van der Waals surface area contributed by atoms with Crippen molar-refractivity contribution in [2.75, 3.05) is 5.32 Å². The Morgan fingerprint density at radius 3 is 2.46 bits per heavy atom. The van der Waals surface area contributed by atoms with Crippen LogP contribution in [0.1, 0.15) is 40.7 Å². The lowest BCUT2D eigenvalue weighted by atomic mass is 10.0. The first-order valence-corrected chi connectivity index (χ1v) is 10.6. The topological polar surface area (TPSA) is 110 Å². The molecular weight excluding hydrogens is 378 g/mol. The molecule has 2 aromatic carbocycles. The number of carbonyl (C=O) groups is 2. The smallest absolute Gasteiger partial charge is 0.248 e. The van der Waals surface area contributed by atoms with Crippen LogP contribution in [0.25, 0.3) is 0 Å². The second-order valence-electron chi connectivity index (χ2n) is 7.21. The van der Waals surface area contributed by atoms with Crippen molar-refractivity contribution in [2.24, 2.45) is 5.73 Å². The minimum absolute atomic E-state index is 0.0171. The first-order chi connectivity index (χ1) is 13.3. The molecule has 1 heterocycles. The fourth-order valence-corrected chi connectivity index (χ4v) is 5.11. The Morgan fingerprint density at radius 2 is 1.82 bits per heavy atom. The lowest BCUT2D eigenvalue weighted by molar-refractivity contribution is -0.116. The van der Waals surface area contributed by atoms with Crippen molar-refractivity contribution in [3.8, 4) is 0 Å². The summed E-state index contributed by atoms with van der Waals surface area (Å²) < 4.78 is 28.1. The first kappa shape index (κ1) is 18.6. The van der Waals surface area contributed by atoms with Gasteiger partial charge in [-0.05, 0) is 60.7 Å². The van der Waals surface area contributed by atoms with Gasteiger partial charge in [-0.1, -0.05) is 12.1 Å². The highest BCUT2D eigenvalue weighted by Crippen LogP contribution is 2.35. The van der Waals surface area contributed by atoms with Gasteiger partial charge in [0.05, 0.1) is 4.90 Å². The maximum absolute atomic E-state index is 13.3. The molecule has 2 amide bonds. The van der Waals surface area contributed by atoms with Crippen LogP contribution in [0.5, 0.6) is 0 Å². The molecule has 0 saturated heterocycles. The van der Waals surface area contributed by atoms with Gasteiger partial charge in [-0.2, -0.15) is 4.31 Å². The summed E-state index contributed by atoms with van der Waals surface area (Å²) in [6.07, 6.45) is 2.55. The van der Waals surface area contributed by atoms with Gasteiger partial charge in [0.1, 0.15) is 0 Å². The van der Waals surface area contributed by atoms with Crippen LogP contribution in [0.4, 0.5) is 5.69 Å². The Bertz CT molecular complexity index is 1040. The van der Waals surface area contributed by atoms with Crippen molar-refractivity contribution < 1.29 is 18.0 Å². The van der Waals surface area contributed by atoms with E-state index in [9.17, 15) is 18.0 Å². The molecule has 0 spiro atoms. The quantitative estimate of drug-likeness (QED) is 0.774. The zero-order valence-electron chi connectivity index (χ0n) is 15.2. The lowest BCUT2D eigenvalue weighted by Crippen LogP contribution is -2.33. The molecule has 1 aliphatic heterocycles.